The van der Waals surface area contributed by atoms with Gasteiger partial charge < -0.3 is 15.7 Å². The molecular formula is C7H14N2O2. The van der Waals surface area contributed by atoms with E-state index in [2.05, 4.69) is 0 Å². The number of carbonyl (C=O) groups excluding carboxylic acids is 1. The SMILES string of the molecule is C[C@@H](O)C(=O)N1CC[C@@H](N)C1. The molecule has 1 heterocycles. The van der Waals surface area contributed by atoms with Crippen molar-refractivity contribution in [3.05, 3.63) is 0 Å². The maximum atomic E-state index is 11.1. The fourth-order valence-electron chi connectivity index (χ4n) is 1.25. The number of rotatable bonds is 1. The third kappa shape index (κ3) is 1.91. The van der Waals surface area contributed by atoms with Gasteiger partial charge in [0, 0.05) is 19.1 Å². The van der Waals surface area contributed by atoms with Gasteiger partial charge >= 0.3 is 0 Å². The minimum atomic E-state index is -0.889. The zero-order valence-electron chi connectivity index (χ0n) is 6.66. The molecule has 0 saturated carbocycles. The van der Waals surface area contributed by atoms with Crippen molar-refractivity contribution in [3.8, 4) is 0 Å². The molecule has 3 N–H and O–H groups in total. The highest BCUT2D eigenvalue weighted by Crippen LogP contribution is 2.07. The van der Waals surface area contributed by atoms with E-state index in [9.17, 15) is 4.79 Å². The fraction of sp³-hybridized carbons (Fsp3) is 0.857. The van der Waals surface area contributed by atoms with Crippen LogP contribution in [0, 0.1) is 0 Å². The number of aliphatic hydroxyl groups is 1. The predicted molar refractivity (Wildman–Crippen MR) is 40.9 cm³/mol. The summed E-state index contributed by atoms with van der Waals surface area (Å²) in [5.74, 6) is -0.210. The van der Waals surface area contributed by atoms with Crippen LogP contribution in [-0.4, -0.2) is 41.1 Å². The van der Waals surface area contributed by atoms with Gasteiger partial charge in [-0.05, 0) is 13.3 Å². The lowest BCUT2D eigenvalue weighted by Crippen LogP contribution is -2.37. The third-order valence-corrected chi connectivity index (χ3v) is 1.89. The molecule has 4 heteroatoms. The zero-order chi connectivity index (χ0) is 8.43. The molecular weight excluding hydrogens is 144 g/mol. The Kier molecular flexibility index (Phi) is 2.46. The van der Waals surface area contributed by atoms with Crippen LogP contribution in [0.15, 0.2) is 0 Å². The highest BCUT2D eigenvalue weighted by molar-refractivity contribution is 5.80. The number of nitrogens with zero attached hydrogens (tertiary/aromatic N) is 1. The predicted octanol–water partition coefficient (Wildman–Crippen LogP) is -1.07. The Morgan fingerprint density at radius 1 is 1.82 bits per heavy atom. The molecule has 0 aromatic rings. The summed E-state index contributed by atoms with van der Waals surface area (Å²) in [4.78, 5) is 12.7. The number of carbonyl (C=O) groups is 1. The fourth-order valence-corrected chi connectivity index (χ4v) is 1.25. The highest BCUT2D eigenvalue weighted by atomic mass is 16.3. The van der Waals surface area contributed by atoms with E-state index in [1.807, 2.05) is 0 Å². The Hall–Kier alpha value is -0.610. The average molecular weight is 158 g/mol. The van der Waals surface area contributed by atoms with Crippen LogP contribution in [0.4, 0.5) is 0 Å². The summed E-state index contributed by atoms with van der Waals surface area (Å²) in [7, 11) is 0. The molecule has 11 heavy (non-hydrogen) atoms. The molecule has 1 saturated heterocycles. The van der Waals surface area contributed by atoms with Crippen LogP contribution in [0.3, 0.4) is 0 Å². The van der Waals surface area contributed by atoms with Crippen LogP contribution in [0.2, 0.25) is 0 Å². The van der Waals surface area contributed by atoms with Gasteiger partial charge in [0.05, 0.1) is 0 Å². The first kappa shape index (κ1) is 8.49. The van der Waals surface area contributed by atoms with Crippen LogP contribution >= 0.6 is 0 Å². The van der Waals surface area contributed by atoms with Crippen molar-refractivity contribution in [2.45, 2.75) is 25.5 Å². The first-order valence-electron chi connectivity index (χ1n) is 3.83. The molecule has 0 aromatic carbocycles. The van der Waals surface area contributed by atoms with Crippen molar-refractivity contribution in [1.29, 1.82) is 0 Å². The molecule has 0 bridgehead atoms. The Bertz CT molecular complexity index is 159. The molecule has 0 unspecified atom stereocenters. The minimum Gasteiger partial charge on any atom is -0.384 e. The van der Waals surface area contributed by atoms with Crippen molar-refractivity contribution >= 4 is 5.91 Å². The van der Waals surface area contributed by atoms with Crippen molar-refractivity contribution < 1.29 is 9.90 Å². The van der Waals surface area contributed by atoms with E-state index in [0.717, 1.165) is 6.42 Å². The van der Waals surface area contributed by atoms with E-state index < -0.39 is 6.10 Å². The van der Waals surface area contributed by atoms with E-state index in [4.69, 9.17) is 10.8 Å². The van der Waals surface area contributed by atoms with Crippen molar-refractivity contribution in [1.82, 2.24) is 4.90 Å². The van der Waals surface area contributed by atoms with Crippen LogP contribution in [0.1, 0.15) is 13.3 Å². The van der Waals surface area contributed by atoms with Gasteiger partial charge in [0.25, 0.3) is 5.91 Å². The van der Waals surface area contributed by atoms with E-state index in [1.54, 1.807) is 4.90 Å². The molecule has 1 fully saturated rings. The third-order valence-electron chi connectivity index (χ3n) is 1.89. The molecule has 4 nitrogen and oxygen atoms in total. The van der Waals surface area contributed by atoms with Gasteiger partial charge in [0.2, 0.25) is 0 Å². The first-order valence-corrected chi connectivity index (χ1v) is 3.83. The second kappa shape index (κ2) is 3.19. The minimum absolute atomic E-state index is 0.0951. The first-order chi connectivity index (χ1) is 5.11. The second-order valence-corrected chi connectivity index (χ2v) is 3.01. The molecule has 1 rings (SSSR count). The summed E-state index contributed by atoms with van der Waals surface area (Å²) in [6.45, 7) is 2.75. The number of likely N-dealkylation sites (tertiary alicyclic amines) is 1. The van der Waals surface area contributed by atoms with Crippen molar-refractivity contribution in [2.75, 3.05) is 13.1 Å². The van der Waals surface area contributed by atoms with Gasteiger partial charge in [-0.3, -0.25) is 4.79 Å². The Morgan fingerprint density at radius 3 is 2.82 bits per heavy atom. The number of nitrogens with two attached hydrogens (primary N) is 1. The van der Waals surface area contributed by atoms with Gasteiger partial charge in [-0.1, -0.05) is 0 Å². The molecule has 0 spiro atoms. The monoisotopic (exact) mass is 158 g/mol. The van der Waals surface area contributed by atoms with Gasteiger partial charge in [-0.15, -0.1) is 0 Å². The number of hydrogen-bond donors (Lipinski definition) is 2. The summed E-state index contributed by atoms with van der Waals surface area (Å²) in [6.07, 6.45) is -0.0429. The maximum Gasteiger partial charge on any atom is 0.251 e. The quantitative estimate of drug-likeness (QED) is 0.510. The molecule has 0 aliphatic carbocycles. The van der Waals surface area contributed by atoms with Crippen LogP contribution in [-0.2, 0) is 4.79 Å². The van der Waals surface area contributed by atoms with Crippen LogP contribution in [0.25, 0.3) is 0 Å². The molecule has 1 aliphatic rings. The molecule has 1 amide bonds. The zero-order valence-corrected chi connectivity index (χ0v) is 6.66. The largest absolute Gasteiger partial charge is 0.384 e. The van der Waals surface area contributed by atoms with E-state index >= 15 is 0 Å². The lowest BCUT2D eigenvalue weighted by Gasteiger charge is -2.16. The second-order valence-electron chi connectivity index (χ2n) is 3.01. The smallest absolute Gasteiger partial charge is 0.251 e. The van der Waals surface area contributed by atoms with Gasteiger partial charge in [-0.2, -0.15) is 0 Å². The average Bonchev–Trinajstić information content (AvgIpc) is 2.34. The normalized spacial score (nSPS) is 27.2. The summed E-state index contributed by atoms with van der Waals surface area (Å²) >= 11 is 0. The maximum absolute atomic E-state index is 11.1. The number of aliphatic hydroxyl groups excluding tert-OH is 1. The number of amides is 1. The van der Waals surface area contributed by atoms with Gasteiger partial charge in [-0.25, -0.2) is 0 Å². The Labute approximate surface area is 66.0 Å². The van der Waals surface area contributed by atoms with Gasteiger partial charge in [0.1, 0.15) is 6.10 Å². The lowest BCUT2D eigenvalue weighted by atomic mass is 10.3. The standard InChI is InChI=1S/C7H14N2O2/c1-5(10)7(11)9-3-2-6(8)4-9/h5-6,10H,2-4,8H2,1H3/t5-,6-/m1/s1. The molecule has 2 atom stereocenters. The van der Waals surface area contributed by atoms with Gasteiger partial charge in [0.15, 0.2) is 0 Å². The van der Waals surface area contributed by atoms with Crippen LogP contribution in [0.5, 0.6) is 0 Å². The molecule has 1 aliphatic heterocycles. The topological polar surface area (TPSA) is 66.6 Å². The Balaban J connectivity index is 2.43. The van der Waals surface area contributed by atoms with Crippen molar-refractivity contribution in [2.24, 2.45) is 5.73 Å². The molecule has 0 aromatic heterocycles. The highest BCUT2D eigenvalue weighted by Gasteiger charge is 2.25. The van der Waals surface area contributed by atoms with E-state index in [1.165, 1.54) is 6.92 Å². The summed E-state index contributed by atoms with van der Waals surface area (Å²) < 4.78 is 0. The van der Waals surface area contributed by atoms with E-state index in [0.29, 0.717) is 13.1 Å². The summed E-state index contributed by atoms with van der Waals surface area (Å²) in [5, 5.41) is 8.94. The lowest BCUT2D eigenvalue weighted by molar-refractivity contribution is -0.138. The van der Waals surface area contributed by atoms with Crippen LogP contribution < -0.4 is 5.73 Å². The van der Waals surface area contributed by atoms with E-state index in [-0.39, 0.29) is 11.9 Å². The summed E-state index contributed by atoms with van der Waals surface area (Å²) in [6, 6.07) is 0.0951. The molecule has 0 radical (unpaired) electrons. The summed E-state index contributed by atoms with van der Waals surface area (Å²) in [5.41, 5.74) is 5.59. The Morgan fingerprint density at radius 2 is 2.45 bits per heavy atom. The molecule has 64 valence electrons. The van der Waals surface area contributed by atoms with Crippen molar-refractivity contribution in [3.63, 3.8) is 0 Å². The number of hydrogen-bond acceptors (Lipinski definition) is 3.